The lowest BCUT2D eigenvalue weighted by Crippen LogP contribution is -2.24. The van der Waals surface area contributed by atoms with Crippen molar-refractivity contribution in [1.82, 2.24) is 4.98 Å². The summed E-state index contributed by atoms with van der Waals surface area (Å²) in [5.41, 5.74) is 5.89. The van der Waals surface area contributed by atoms with Gasteiger partial charge in [-0.25, -0.2) is 0 Å². The molecule has 2 N–H and O–H groups in total. The molecule has 88 valence electrons. The zero-order valence-corrected chi connectivity index (χ0v) is 10.5. The highest BCUT2D eigenvalue weighted by atomic mass is 32.2. The van der Waals surface area contributed by atoms with E-state index in [1.807, 2.05) is 24.2 Å². The molecule has 16 heavy (non-hydrogen) atoms. The monoisotopic (exact) mass is 236 g/mol. The maximum Gasteiger partial charge on any atom is 0.0278 e. The van der Waals surface area contributed by atoms with Crippen LogP contribution in [-0.2, 0) is 0 Å². The molecule has 0 aliphatic heterocycles. The number of rotatable bonds is 3. The Hall–Kier alpha value is -0.540. The Bertz CT molecular complexity index is 302. The SMILES string of the molecule is NCC1CCCCCC1Sc1ccncc1. The summed E-state index contributed by atoms with van der Waals surface area (Å²) in [7, 11) is 0. The second kappa shape index (κ2) is 6.26. The van der Waals surface area contributed by atoms with E-state index in [9.17, 15) is 0 Å². The van der Waals surface area contributed by atoms with Crippen molar-refractivity contribution in [2.24, 2.45) is 11.7 Å². The first-order chi connectivity index (χ1) is 7.90. The summed E-state index contributed by atoms with van der Waals surface area (Å²) in [4.78, 5) is 5.39. The normalized spacial score (nSPS) is 26.3. The lowest BCUT2D eigenvalue weighted by atomic mass is 10.0. The predicted molar refractivity (Wildman–Crippen MR) is 69.5 cm³/mol. The molecule has 2 nitrogen and oxygen atoms in total. The van der Waals surface area contributed by atoms with Crippen molar-refractivity contribution in [1.29, 1.82) is 0 Å². The van der Waals surface area contributed by atoms with Gasteiger partial charge in [-0.3, -0.25) is 4.98 Å². The number of thioether (sulfide) groups is 1. The van der Waals surface area contributed by atoms with Crippen LogP contribution in [0.3, 0.4) is 0 Å². The Kier molecular flexibility index (Phi) is 4.67. The fraction of sp³-hybridized carbons (Fsp3) is 0.615. The van der Waals surface area contributed by atoms with Gasteiger partial charge in [0.25, 0.3) is 0 Å². The molecule has 3 heteroatoms. The zero-order valence-electron chi connectivity index (χ0n) is 9.64. The van der Waals surface area contributed by atoms with Crippen LogP contribution >= 0.6 is 11.8 Å². The maximum absolute atomic E-state index is 5.89. The first-order valence-electron chi connectivity index (χ1n) is 6.17. The molecule has 2 rings (SSSR count). The van der Waals surface area contributed by atoms with Gasteiger partial charge < -0.3 is 5.73 Å². The van der Waals surface area contributed by atoms with Gasteiger partial charge in [0.15, 0.2) is 0 Å². The number of pyridine rings is 1. The second-order valence-electron chi connectivity index (χ2n) is 4.47. The van der Waals surface area contributed by atoms with Crippen molar-refractivity contribution in [3.63, 3.8) is 0 Å². The topological polar surface area (TPSA) is 38.9 Å². The van der Waals surface area contributed by atoms with Crippen LogP contribution in [0.25, 0.3) is 0 Å². The molecule has 1 aromatic rings. The maximum atomic E-state index is 5.89. The van der Waals surface area contributed by atoms with Crippen LogP contribution in [0.4, 0.5) is 0 Å². The Balaban J connectivity index is 2.00. The van der Waals surface area contributed by atoms with Gasteiger partial charge in [-0.05, 0) is 37.4 Å². The Morgan fingerprint density at radius 2 is 1.94 bits per heavy atom. The Morgan fingerprint density at radius 3 is 2.69 bits per heavy atom. The lowest BCUT2D eigenvalue weighted by Gasteiger charge is -2.23. The molecule has 0 spiro atoms. The van der Waals surface area contributed by atoms with Gasteiger partial charge in [-0.2, -0.15) is 0 Å². The molecular formula is C13H20N2S. The van der Waals surface area contributed by atoms with E-state index < -0.39 is 0 Å². The van der Waals surface area contributed by atoms with E-state index in [1.54, 1.807) is 0 Å². The predicted octanol–water partition coefficient (Wildman–Crippen LogP) is 3.08. The summed E-state index contributed by atoms with van der Waals surface area (Å²) in [6.07, 6.45) is 10.5. The van der Waals surface area contributed by atoms with Crippen molar-refractivity contribution in [3.8, 4) is 0 Å². The molecule has 1 heterocycles. The molecule has 0 bridgehead atoms. The average Bonchev–Trinajstić information content (AvgIpc) is 2.55. The van der Waals surface area contributed by atoms with E-state index in [2.05, 4.69) is 17.1 Å². The molecule has 0 saturated heterocycles. The van der Waals surface area contributed by atoms with Crippen molar-refractivity contribution < 1.29 is 0 Å². The highest BCUT2D eigenvalue weighted by Crippen LogP contribution is 2.35. The average molecular weight is 236 g/mol. The van der Waals surface area contributed by atoms with E-state index >= 15 is 0 Å². The van der Waals surface area contributed by atoms with Crippen LogP contribution in [-0.4, -0.2) is 16.8 Å². The molecular weight excluding hydrogens is 216 g/mol. The third-order valence-corrected chi connectivity index (χ3v) is 4.80. The summed E-state index contributed by atoms with van der Waals surface area (Å²) >= 11 is 1.99. The summed E-state index contributed by atoms with van der Waals surface area (Å²) in [6, 6.07) is 4.20. The quantitative estimate of drug-likeness (QED) is 0.820. The lowest BCUT2D eigenvalue weighted by molar-refractivity contribution is 0.483. The Morgan fingerprint density at radius 1 is 1.19 bits per heavy atom. The van der Waals surface area contributed by atoms with Crippen LogP contribution in [0.5, 0.6) is 0 Å². The van der Waals surface area contributed by atoms with E-state index in [4.69, 9.17) is 5.73 Å². The number of aromatic nitrogens is 1. The van der Waals surface area contributed by atoms with Crippen molar-refractivity contribution >= 4 is 11.8 Å². The third kappa shape index (κ3) is 3.22. The molecule has 1 aliphatic carbocycles. The molecule has 1 aromatic heterocycles. The van der Waals surface area contributed by atoms with Crippen LogP contribution in [0, 0.1) is 5.92 Å². The van der Waals surface area contributed by atoms with E-state index in [1.165, 1.54) is 37.0 Å². The van der Waals surface area contributed by atoms with Gasteiger partial charge in [0.2, 0.25) is 0 Å². The molecule has 2 atom stereocenters. The first kappa shape index (κ1) is 11.9. The number of nitrogens with two attached hydrogens (primary N) is 1. The first-order valence-corrected chi connectivity index (χ1v) is 7.05. The molecule has 0 aromatic carbocycles. The van der Waals surface area contributed by atoms with Gasteiger partial charge >= 0.3 is 0 Å². The van der Waals surface area contributed by atoms with Gasteiger partial charge in [-0.15, -0.1) is 11.8 Å². The molecule has 0 radical (unpaired) electrons. The molecule has 1 aliphatic rings. The minimum atomic E-state index is 0.695. The zero-order chi connectivity index (χ0) is 11.2. The van der Waals surface area contributed by atoms with Crippen molar-refractivity contribution in [3.05, 3.63) is 24.5 Å². The van der Waals surface area contributed by atoms with Crippen LogP contribution in [0.1, 0.15) is 32.1 Å². The summed E-state index contributed by atoms with van der Waals surface area (Å²) in [5, 5.41) is 0.704. The fourth-order valence-electron chi connectivity index (χ4n) is 2.37. The molecule has 1 saturated carbocycles. The Labute approximate surface area is 102 Å². The largest absolute Gasteiger partial charge is 0.330 e. The van der Waals surface area contributed by atoms with Crippen LogP contribution in [0.2, 0.25) is 0 Å². The standard InChI is InChI=1S/C13H20N2S/c14-10-11-4-2-1-3-5-13(11)16-12-6-8-15-9-7-12/h6-9,11,13H,1-5,10,14H2. The van der Waals surface area contributed by atoms with E-state index in [0.717, 1.165) is 6.54 Å². The van der Waals surface area contributed by atoms with Crippen molar-refractivity contribution in [2.45, 2.75) is 42.2 Å². The molecule has 2 unspecified atom stereocenters. The van der Waals surface area contributed by atoms with Gasteiger partial charge in [0.05, 0.1) is 0 Å². The fourth-order valence-corrected chi connectivity index (χ4v) is 3.72. The van der Waals surface area contributed by atoms with E-state index in [-0.39, 0.29) is 0 Å². The van der Waals surface area contributed by atoms with Gasteiger partial charge in [-0.1, -0.05) is 19.3 Å². The summed E-state index contributed by atoms with van der Waals surface area (Å²) in [5.74, 6) is 0.695. The highest BCUT2D eigenvalue weighted by Gasteiger charge is 2.23. The third-order valence-electron chi connectivity index (χ3n) is 3.33. The highest BCUT2D eigenvalue weighted by molar-refractivity contribution is 8.00. The number of hydrogen-bond donors (Lipinski definition) is 1. The van der Waals surface area contributed by atoms with E-state index in [0.29, 0.717) is 11.2 Å². The molecule has 1 fully saturated rings. The van der Waals surface area contributed by atoms with Crippen molar-refractivity contribution in [2.75, 3.05) is 6.54 Å². The van der Waals surface area contributed by atoms with Crippen LogP contribution in [0.15, 0.2) is 29.4 Å². The summed E-state index contributed by atoms with van der Waals surface area (Å²) < 4.78 is 0. The van der Waals surface area contributed by atoms with Gasteiger partial charge in [0, 0.05) is 22.5 Å². The number of nitrogens with zero attached hydrogens (tertiary/aromatic N) is 1. The summed E-state index contributed by atoms with van der Waals surface area (Å²) in [6.45, 7) is 0.836. The van der Waals surface area contributed by atoms with Gasteiger partial charge in [0.1, 0.15) is 0 Å². The minimum Gasteiger partial charge on any atom is -0.330 e. The smallest absolute Gasteiger partial charge is 0.0278 e. The minimum absolute atomic E-state index is 0.695. The van der Waals surface area contributed by atoms with Crippen LogP contribution < -0.4 is 5.73 Å². The molecule has 0 amide bonds. The second-order valence-corrected chi connectivity index (χ2v) is 5.79. The number of hydrogen-bond acceptors (Lipinski definition) is 3.